The highest BCUT2D eigenvalue weighted by Crippen LogP contribution is 2.28. The molecule has 1 atom stereocenters. The minimum atomic E-state index is -0.642. The van der Waals surface area contributed by atoms with Gasteiger partial charge in [0.05, 0.1) is 6.10 Å². The van der Waals surface area contributed by atoms with Gasteiger partial charge in [0.15, 0.2) is 10.1 Å². The van der Waals surface area contributed by atoms with Crippen LogP contribution >= 0.6 is 23.1 Å². The van der Waals surface area contributed by atoms with Crippen LogP contribution in [0.25, 0.3) is 0 Å². The van der Waals surface area contributed by atoms with Gasteiger partial charge in [-0.3, -0.25) is 4.79 Å². The number of carbonyl (C=O) groups excluding carboxylic acids is 1. The number of aliphatic hydroxyl groups excluding tert-OH is 1. The lowest BCUT2D eigenvalue weighted by Crippen LogP contribution is -2.20. The molecular weight excluding hydrogens is 382 g/mol. The van der Waals surface area contributed by atoms with Gasteiger partial charge in [0.25, 0.3) is 0 Å². The molecule has 0 aliphatic heterocycles. The maximum Gasteiger partial charge on any atom is 0.210 e. The Kier molecular flexibility index (Phi) is 6.80. The van der Waals surface area contributed by atoms with E-state index < -0.39 is 6.10 Å². The molecule has 2 aromatic carbocycles. The van der Waals surface area contributed by atoms with E-state index in [2.05, 4.69) is 15.5 Å². The first-order valence-electron chi connectivity index (χ1n) is 8.30. The van der Waals surface area contributed by atoms with Crippen LogP contribution in [0.1, 0.15) is 17.3 Å². The topological polar surface area (TPSA) is 84.3 Å². The average Bonchev–Trinajstić information content (AvgIpc) is 3.13. The van der Waals surface area contributed by atoms with Crippen molar-refractivity contribution in [2.75, 3.05) is 17.7 Å². The number of hydrogen-bond acceptors (Lipinski definition) is 8. The Hall–Kier alpha value is -2.42. The van der Waals surface area contributed by atoms with Crippen molar-refractivity contribution in [2.45, 2.75) is 17.4 Å². The Morgan fingerprint density at radius 3 is 2.63 bits per heavy atom. The van der Waals surface area contributed by atoms with Gasteiger partial charge in [-0.15, -0.1) is 10.2 Å². The highest BCUT2D eigenvalue weighted by molar-refractivity contribution is 8.01. The Morgan fingerprint density at radius 2 is 1.93 bits per heavy atom. The van der Waals surface area contributed by atoms with Gasteiger partial charge in [0, 0.05) is 17.0 Å². The third-order valence-electron chi connectivity index (χ3n) is 3.53. The van der Waals surface area contributed by atoms with Crippen LogP contribution in [0, 0.1) is 0 Å². The first-order valence-corrected chi connectivity index (χ1v) is 10.1. The zero-order valence-corrected chi connectivity index (χ0v) is 16.3. The van der Waals surface area contributed by atoms with E-state index in [1.54, 1.807) is 24.3 Å². The molecule has 8 heteroatoms. The molecule has 3 rings (SSSR count). The van der Waals surface area contributed by atoms with Gasteiger partial charge in [-0.2, -0.15) is 0 Å². The quantitative estimate of drug-likeness (QED) is 0.414. The van der Waals surface area contributed by atoms with E-state index in [0.717, 1.165) is 10.0 Å². The van der Waals surface area contributed by atoms with Crippen molar-refractivity contribution in [1.82, 2.24) is 10.2 Å². The van der Waals surface area contributed by atoms with Gasteiger partial charge >= 0.3 is 0 Å². The number of carbonyl (C=O) groups is 1. The Balaban J connectivity index is 1.42. The number of benzene rings is 2. The van der Waals surface area contributed by atoms with Gasteiger partial charge in [-0.1, -0.05) is 41.3 Å². The highest BCUT2D eigenvalue weighted by atomic mass is 32.2. The van der Waals surface area contributed by atoms with E-state index in [1.807, 2.05) is 30.3 Å². The smallest absolute Gasteiger partial charge is 0.210 e. The molecule has 0 spiro atoms. The summed E-state index contributed by atoms with van der Waals surface area (Å²) >= 11 is 2.87. The van der Waals surface area contributed by atoms with Gasteiger partial charge in [-0.05, 0) is 43.3 Å². The zero-order chi connectivity index (χ0) is 19.1. The third kappa shape index (κ3) is 6.06. The van der Waals surface area contributed by atoms with E-state index in [-0.39, 0.29) is 12.4 Å². The summed E-state index contributed by atoms with van der Waals surface area (Å²) in [4.78, 5) is 11.2. The van der Waals surface area contributed by atoms with Crippen LogP contribution in [0.15, 0.2) is 58.9 Å². The summed E-state index contributed by atoms with van der Waals surface area (Å²) in [6.45, 7) is 1.69. The average molecular weight is 402 g/mol. The second-order valence-electron chi connectivity index (χ2n) is 5.72. The second-order valence-corrected chi connectivity index (χ2v) is 7.97. The van der Waals surface area contributed by atoms with Crippen LogP contribution in [0.5, 0.6) is 5.75 Å². The van der Waals surface area contributed by atoms with Gasteiger partial charge < -0.3 is 15.2 Å². The number of nitrogens with zero attached hydrogens (tertiary/aromatic N) is 2. The van der Waals surface area contributed by atoms with E-state index in [0.29, 0.717) is 22.2 Å². The molecule has 3 aromatic rings. The maximum absolute atomic E-state index is 11.2. The molecule has 140 valence electrons. The van der Waals surface area contributed by atoms with Crippen molar-refractivity contribution in [3.05, 3.63) is 60.2 Å². The number of nitrogens with one attached hydrogen (secondary N) is 1. The lowest BCUT2D eigenvalue weighted by molar-refractivity contribution is 0.101. The van der Waals surface area contributed by atoms with Crippen LogP contribution < -0.4 is 10.1 Å². The second kappa shape index (κ2) is 9.50. The van der Waals surface area contributed by atoms with Crippen LogP contribution in [-0.4, -0.2) is 39.6 Å². The molecule has 0 saturated heterocycles. The lowest BCUT2D eigenvalue weighted by Gasteiger charge is -2.11. The number of anilines is 2. The van der Waals surface area contributed by atoms with Crippen molar-refractivity contribution >= 4 is 39.7 Å². The van der Waals surface area contributed by atoms with Crippen molar-refractivity contribution < 1.29 is 14.6 Å². The van der Waals surface area contributed by atoms with Crippen molar-refractivity contribution in [3.63, 3.8) is 0 Å². The van der Waals surface area contributed by atoms with Crippen molar-refractivity contribution in [1.29, 1.82) is 0 Å². The predicted octanol–water partition coefficient (Wildman–Crippen LogP) is 4.02. The molecule has 1 aromatic heterocycles. The number of aliphatic hydroxyl groups is 1. The van der Waals surface area contributed by atoms with Gasteiger partial charge in [-0.25, -0.2) is 0 Å². The van der Waals surface area contributed by atoms with Crippen LogP contribution in [0.2, 0.25) is 0 Å². The number of para-hydroxylation sites is 1. The fraction of sp³-hybridized carbons (Fsp3) is 0.211. The maximum atomic E-state index is 11.2. The molecule has 0 aliphatic carbocycles. The molecular formula is C19H19N3O3S2. The van der Waals surface area contributed by atoms with E-state index in [9.17, 15) is 9.90 Å². The van der Waals surface area contributed by atoms with Crippen LogP contribution in [0.4, 0.5) is 10.8 Å². The lowest BCUT2D eigenvalue weighted by atomic mass is 10.1. The summed E-state index contributed by atoms with van der Waals surface area (Å²) < 4.78 is 6.33. The molecule has 0 unspecified atom stereocenters. The number of thioether (sulfide) groups is 1. The molecule has 0 fully saturated rings. The summed E-state index contributed by atoms with van der Waals surface area (Å²) in [6.07, 6.45) is -0.642. The first-order chi connectivity index (χ1) is 13.1. The Labute approximate surface area is 165 Å². The molecule has 0 amide bonds. The number of Topliss-reactive ketones (excluding diaryl/α,β-unsaturated/α-hetero) is 1. The SMILES string of the molecule is CC(=O)c1ccc(OC[C@@H](O)CSc2nnc(Nc3ccccc3)s2)cc1. The van der Waals surface area contributed by atoms with E-state index in [4.69, 9.17) is 4.74 Å². The number of ketones is 1. The molecule has 6 nitrogen and oxygen atoms in total. The predicted molar refractivity (Wildman–Crippen MR) is 108 cm³/mol. The Bertz CT molecular complexity index is 869. The first kappa shape index (κ1) is 19.3. The number of hydrogen-bond donors (Lipinski definition) is 2. The number of rotatable bonds is 9. The van der Waals surface area contributed by atoms with Gasteiger partial charge in [0.1, 0.15) is 12.4 Å². The number of ether oxygens (including phenoxy) is 1. The summed E-state index contributed by atoms with van der Waals surface area (Å²) in [7, 11) is 0. The summed E-state index contributed by atoms with van der Waals surface area (Å²) in [5.41, 5.74) is 1.59. The van der Waals surface area contributed by atoms with Gasteiger partial charge in [0.2, 0.25) is 5.13 Å². The number of aromatic nitrogens is 2. The minimum absolute atomic E-state index is 0.0103. The molecule has 1 heterocycles. The summed E-state index contributed by atoms with van der Waals surface area (Å²) in [5, 5.41) is 22.2. The van der Waals surface area contributed by atoms with Crippen LogP contribution in [-0.2, 0) is 0 Å². The summed E-state index contributed by atoms with van der Waals surface area (Å²) in [5.74, 6) is 1.08. The molecule has 0 bridgehead atoms. The minimum Gasteiger partial charge on any atom is -0.491 e. The highest BCUT2D eigenvalue weighted by Gasteiger charge is 2.10. The zero-order valence-electron chi connectivity index (χ0n) is 14.7. The van der Waals surface area contributed by atoms with Crippen molar-refractivity contribution in [3.8, 4) is 5.75 Å². The molecule has 0 radical (unpaired) electrons. The fourth-order valence-electron chi connectivity index (χ4n) is 2.16. The molecule has 2 N–H and O–H groups in total. The van der Waals surface area contributed by atoms with E-state index in [1.165, 1.54) is 30.0 Å². The largest absolute Gasteiger partial charge is 0.491 e. The van der Waals surface area contributed by atoms with Crippen LogP contribution in [0.3, 0.4) is 0 Å². The fourth-order valence-corrected chi connectivity index (χ4v) is 3.86. The summed E-state index contributed by atoms with van der Waals surface area (Å²) in [6, 6.07) is 16.6. The monoisotopic (exact) mass is 401 g/mol. The molecule has 27 heavy (non-hydrogen) atoms. The Morgan fingerprint density at radius 1 is 1.19 bits per heavy atom. The molecule has 0 aliphatic rings. The normalized spacial score (nSPS) is 11.8. The third-order valence-corrected chi connectivity index (χ3v) is 5.65. The molecule has 0 saturated carbocycles. The van der Waals surface area contributed by atoms with E-state index >= 15 is 0 Å². The standard InChI is InChI=1S/C19H19N3O3S2/c1-13(23)14-7-9-17(10-8-14)25-11-16(24)12-26-19-22-21-18(27-19)20-15-5-3-2-4-6-15/h2-10,16,24H,11-12H2,1H3,(H,20,21)/t16-/m1/s1. The van der Waals surface area contributed by atoms with Crippen molar-refractivity contribution in [2.24, 2.45) is 0 Å².